The molecule has 1 fully saturated rings. The van der Waals surface area contributed by atoms with Crippen LogP contribution in [0.4, 0.5) is 5.69 Å². The van der Waals surface area contributed by atoms with E-state index in [1.807, 2.05) is 38.1 Å². The van der Waals surface area contributed by atoms with Gasteiger partial charge in [0.1, 0.15) is 0 Å². The summed E-state index contributed by atoms with van der Waals surface area (Å²) >= 11 is 0. The first-order valence-electron chi connectivity index (χ1n) is 10.7. The maximum absolute atomic E-state index is 12.1. The van der Waals surface area contributed by atoms with Gasteiger partial charge in [-0.05, 0) is 57.0 Å². The van der Waals surface area contributed by atoms with Crippen LogP contribution in [-0.2, 0) is 11.3 Å². The molecule has 1 aliphatic rings. The summed E-state index contributed by atoms with van der Waals surface area (Å²) < 4.78 is 0. The number of nitrogens with one attached hydrogen (secondary N) is 3. The van der Waals surface area contributed by atoms with Crippen LogP contribution in [0.5, 0.6) is 0 Å². The van der Waals surface area contributed by atoms with E-state index in [0.717, 1.165) is 43.3 Å². The summed E-state index contributed by atoms with van der Waals surface area (Å²) in [6, 6.07) is 8.53. The van der Waals surface area contributed by atoms with Gasteiger partial charge in [-0.3, -0.25) is 9.69 Å². The molecule has 0 aromatic heterocycles. The summed E-state index contributed by atoms with van der Waals surface area (Å²) in [5.74, 6) is 0.930. The Kier molecular flexibility index (Phi) is 9.28. The maximum atomic E-state index is 12.1. The molecule has 2 rings (SSSR count). The fourth-order valence-corrected chi connectivity index (χ4v) is 3.47. The van der Waals surface area contributed by atoms with Crippen LogP contribution in [0.25, 0.3) is 0 Å². The highest BCUT2D eigenvalue weighted by Crippen LogP contribution is 2.16. The van der Waals surface area contributed by atoms with Crippen LogP contribution in [0.2, 0.25) is 0 Å². The topological polar surface area (TPSA) is 68.8 Å². The number of aliphatic imine (C=N–C) groups is 1. The smallest absolute Gasteiger partial charge is 0.227 e. The molecule has 6 heteroatoms. The van der Waals surface area contributed by atoms with E-state index >= 15 is 0 Å². The average molecular weight is 388 g/mol. The number of guanidine groups is 1. The number of anilines is 1. The summed E-state index contributed by atoms with van der Waals surface area (Å²) in [6.45, 7) is 12.9. The van der Waals surface area contributed by atoms with Crippen molar-refractivity contribution in [1.82, 2.24) is 15.5 Å². The number of carbonyl (C=O) groups excluding carboxylic acids is 1. The van der Waals surface area contributed by atoms with Crippen molar-refractivity contribution >= 4 is 17.6 Å². The zero-order chi connectivity index (χ0) is 20.4. The predicted molar refractivity (Wildman–Crippen MR) is 118 cm³/mol. The van der Waals surface area contributed by atoms with Gasteiger partial charge in [0.15, 0.2) is 5.96 Å². The number of likely N-dealkylation sites (N-methyl/N-ethyl adjacent to an activating group) is 1. The first-order chi connectivity index (χ1) is 13.6. The summed E-state index contributed by atoms with van der Waals surface area (Å²) in [5.41, 5.74) is 1.91. The number of rotatable bonds is 9. The minimum absolute atomic E-state index is 0.0181. The number of hydrogen-bond acceptors (Lipinski definition) is 3. The van der Waals surface area contributed by atoms with Crippen LogP contribution < -0.4 is 16.0 Å². The van der Waals surface area contributed by atoms with Gasteiger partial charge in [0.2, 0.25) is 5.91 Å². The monoisotopic (exact) mass is 387 g/mol. The Morgan fingerprint density at radius 3 is 2.82 bits per heavy atom. The number of likely N-dealkylation sites (tertiary alicyclic amines) is 1. The highest BCUT2D eigenvalue weighted by Gasteiger charge is 2.22. The molecule has 0 saturated carbocycles. The molecular weight excluding hydrogens is 350 g/mol. The van der Waals surface area contributed by atoms with Crippen LogP contribution in [-0.4, -0.2) is 49.0 Å². The maximum Gasteiger partial charge on any atom is 0.227 e. The third-order valence-electron chi connectivity index (χ3n) is 5.43. The summed E-state index contributed by atoms with van der Waals surface area (Å²) in [7, 11) is 0. The second-order valence-electron chi connectivity index (χ2n) is 7.50. The summed E-state index contributed by atoms with van der Waals surface area (Å²) in [6.07, 6.45) is 3.37. The Bertz CT molecular complexity index is 646. The Morgan fingerprint density at radius 2 is 2.11 bits per heavy atom. The molecule has 1 aliphatic heterocycles. The van der Waals surface area contributed by atoms with Crippen molar-refractivity contribution in [1.29, 1.82) is 0 Å². The lowest BCUT2D eigenvalue weighted by Gasteiger charge is -2.24. The highest BCUT2D eigenvalue weighted by atomic mass is 16.1. The summed E-state index contributed by atoms with van der Waals surface area (Å²) in [5, 5.41) is 9.82. The van der Waals surface area contributed by atoms with Crippen molar-refractivity contribution in [3.63, 3.8) is 0 Å². The Hall–Kier alpha value is -2.08. The zero-order valence-corrected chi connectivity index (χ0v) is 17.9. The zero-order valence-electron chi connectivity index (χ0n) is 17.9. The van der Waals surface area contributed by atoms with E-state index in [0.29, 0.717) is 12.6 Å². The summed E-state index contributed by atoms with van der Waals surface area (Å²) in [4.78, 5) is 19.4. The lowest BCUT2D eigenvalue weighted by atomic mass is 10.1. The molecule has 1 saturated heterocycles. The molecule has 28 heavy (non-hydrogen) atoms. The van der Waals surface area contributed by atoms with Gasteiger partial charge in [-0.15, -0.1) is 0 Å². The first kappa shape index (κ1) is 22.2. The Labute approximate surface area is 170 Å². The lowest BCUT2D eigenvalue weighted by molar-refractivity contribution is -0.119. The Morgan fingerprint density at radius 1 is 1.29 bits per heavy atom. The predicted octanol–water partition coefficient (Wildman–Crippen LogP) is 3.21. The van der Waals surface area contributed by atoms with Crippen molar-refractivity contribution in [3.8, 4) is 0 Å². The van der Waals surface area contributed by atoms with E-state index in [1.54, 1.807) is 0 Å². The van der Waals surface area contributed by atoms with E-state index in [9.17, 15) is 4.79 Å². The third kappa shape index (κ3) is 6.82. The SMILES string of the molecule is CCNC(=NCc1cccc(NC(=O)C(C)CC)c1)NCC1CCCN1CC. The van der Waals surface area contributed by atoms with Gasteiger partial charge >= 0.3 is 0 Å². The third-order valence-corrected chi connectivity index (χ3v) is 5.43. The molecular formula is C22H37N5O. The van der Waals surface area contributed by atoms with Crippen LogP contribution >= 0.6 is 0 Å². The number of amides is 1. The molecule has 1 heterocycles. The second-order valence-corrected chi connectivity index (χ2v) is 7.50. The molecule has 2 unspecified atom stereocenters. The normalized spacial score (nSPS) is 18.7. The molecule has 1 aromatic rings. The van der Waals surface area contributed by atoms with Gasteiger partial charge < -0.3 is 16.0 Å². The average Bonchev–Trinajstić information content (AvgIpc) is 3.17. The minimum atomic E-state index is 0.0181. The molecule has 2 atom stereocenters. The fraction of sp³-hybridized carbons (Fsp3) is 0.636. The van der Waals surface area contributed by atoms with Crippen LogP contribution in [0.1, 0.15) is 52.5 Å². The van der Waals surface area contributed by atoms with Crippen LogP contribution in [0.3, 0.4) is 0 Å². The number of carbonyl (C=O) groups is 1. The molecule has 0 spiro atoms. The van der Waals surface area contributed by atoms with Crippen LogP contribution in [0.15, 0.2) is 29.3 Å². The molecule has 0 bridgehead atoms. The standard InChI is InChI=1S/C22H37N5O/c1-5-17(4)21(28)26-19-11-8-10-18(14-19)15-24-22(23-6-2)25-16-20-12-9-13-27(20)7-3/h8,10-11,14,17,20H,5-7,9,12-13,15-16H2,1-4H3,(H,26,28)(H2,23,24,25). The second kappa shape index (κ2) is 11.7. The van der Waals surface area contributed by atoms with Crippen molar-refractivity contribution in [3.05, 3.63) is 29.8 Å². The van der Waals surface area contributed by atoms with Gasteiger partial charge in [-0.25, -0.2) is 4.99 Å². The van der Waals surface area contributed by atoms with E-state index in [4.69, 9.17) is 4.99 Å². The van der Waals surface area contributed by atoms with E-state index in [1.165, 1.54) is 19.4 Å². The molecule has 0 aliphatic carbocycles. The van der Waals surface area contributed by atoms with E-state index in [2.05, 4.69) is 34.7 Å². The van der Waals surface area contributed by atoms with Crippen LogP contribution in [0, 0.1) is 5.92 Å². The fourth-order valence-electron chi connectivity index (χ4n) is 3.47. The number of hydrogen-bond donors (Lipinski definition) is 3. The van der Waals surface area contributed by atoms with Crippen molar-refractivity contribution in [2.45, 2.75) is 59.5 Å². The lowest BCUT2D eigenvalue weighted by Crippen LogP contribution is -2.44. The molecule has 156 valence electrons. The molecule has 6 nitrogen and oxygen atoms in total. The molecule has 1 amide bonds. The number of nitrogens with zero attached hydrogens (tertiary/aromatic N) is 2. The molecule has 1 aromatic carbocycles. The molecule has 3 N–H and O–H groups in total. The van der Waals surface area contributed by atoms with Gasteiger partial charge in [0, 0.05) is 30.7 Å². The van der Waals surface area contributed by atoms with Gasteiger partial charge in [-0.1, -0.05) is 32.9 Å². The van der Waals surface area contributed by atoms with E-state index < -0.39 is 0 Å². The first-order valence-corrected chi connectivity index (χ1v) is 10.7. The minimum Gasteiger partial charge on any atom is -0.357 e. The Balaban J connectivity index is 1.94. The van der Waals surface area contributed by atoms with Gasteiger partial charge in [0.25, 0.3) is 0 Å². The quantitative estimate of drug-likeness (QED) is 0.450. The number of benzene rings is 1. The van der Waals surface area contributed by atoms with Crippen molar-refractivity contribution < 1.29 is 4.79 Å². The van der Waals surface area contributed by atoms with Gasteiger partial charge in [-0.2, -0.15) is 0 Å². The highest BCUT2D eigenvalue weighted by molar-refractivity contribution is 5.92. The van der Waals surface area contributed by atoms with E-state index in [-0.39, 0.29) is 11.8 Å². The van der Waals surface area contributed by atoms with Gasteiger partial charge in [0.05, 0.1) is 6.54 Å². The van der Waals surface area contributed by atoms with Crippen molar-refractivity contribution in [2.75, 3.05) is 31.5 Å². The molecule has 0 radical (unpaired) electrons. The largest absolute Gasteiger partial charge is 0.357 e. The van der Waals surface area contributed by atoms with Crippen molar-refractivity contribution in [2.24, 2.45) is 10.9 Å².